The number of carbonyl (C=O) groups is 1. The van der Waals surface area contributed by atoms with Gasteiger partial charge < -0.3 is 4.74 Å². The van der Waals surface area contributed by atoms with Crippen LogP contribution in [-0.4, -0.2) is 21.1 Å². The fraction of sp³-hybridized carbons (Fsp3) is 0.300. The lowest BCUT2D eigenvalue weighted by atomic mass is 10.1. The summed E-state index contributed by atoms with van der Waals surface area (Å²) in [7, 11) is 0. The molecule has 146 valence electrons. The normalized spacial score (nSPS) is 11.3. The van der Waals surface area contributed by atoms with E-state index < -0.39 is 0 Å². The van der Waals surface area contributed by atoms with Crippen LogP contribution < -0.4 is 10.1 Å². The van der Waals surface area contributed by atoms with Crippen LogP contribution in [0.2, 0.25) is 0 Å². The van der Waals surface area contributed by atoms with Gasteiger partial charge in [0.15, 0.2) is 0 Å². The largest absolute Gasteiger partial charge is 0.487 e. The highest BCUT2D eigenvalue weighted by Crippen LogP contribution is 2.19. The van der Waals surface area contributed by atoms with Gasteiger partial charge in [-0.25, -0.2) is 4.98 Å². The van der Waals surface area contributed by atoms with Gasteiger partial charge in [-0.2, -0.15) is 0 Å². The van der Waals surface area contributed by atoms with Crippen LogP contribution in [0.15, 0.2) is 35.7 Å². The van der Waals surface area contributed by atoms with Crippen molar-refractivity contribution in [2.75, 3.05) is 5.32 Å². The Morgan fingerprint density at radius 2 is 2.18 bits per heavy atom. The monoisotopic (exact) mass is 414 g/mol. The topological polar surface area (TPSA) is 77.0 Å². The molecule has 3 aromatic rings. The standard InChI is InChI=1S/C20H22N4O2S2/c1-13(2)9-19-23-24-20(28-19)22-18(25)8-7-15-5-4-6-17(10-15)26-11-16-12-27-14(3)21-16/h4-8,10,12-13H,9,11H2,1-3H3,(H,22,24,25)/b8-7+. The first-order valence-electron chi connectivity index (χ1n) is 8.93. The Morgan fingerprint density at radius 1 is 1.32 bits per heavy atom. The molecule has 6 nitrogen and oxygen atoms in total. The zero-order valence-electron chi connectivity index (χ0n) is 16.0. The molecule has 0 saturated carbocycles. The number of anilines is 1. The second-order valence-electron chi connectivity index (χ2n) is 6.64. The van der Waals surface area contributed by atoms with E-state index in [1.165, 1.54) is 17.4 Å². The third kappa shape index (κ3) is 6.24. The van der Waals surface area contributed by atoms with Crippen molar-refractivity contribution in [3.63, 3.8) is 0 Å². The lowest BCUT2D eigenvalue weighted by Crippen LogP contribution is -2.07. The fourth-order valence-electron chi connectivity index (χ4n) is 2.39. The number of aromatic nitrogens is 3. The Labute approximate surface area is 172 Å². The molecule has 2 heterocycles. The van der Waals surface area contributed by atoms with Crippen molar-refractivity contribution in [1.29, 1.82) is 0 Å². The molecular weight excluding hydrogens is 392 g/mol. The van der Waals surface area contributed by atoms with Crippen molar-refractivity contribution in [3.05, 3.63) is 57.0 Å². The predicted molar refractivity (Wildman–Crippen MR) is 114 cm³/mol. The maximum Gasteiger partial charge on any atom is 0.250 e. The van der Waals surface area contributed by atoms with Crippen LogP contribution in [-0.2, 0) is 17.8 Å². The Bertz CT molecular complexity index is 963. The molecule has 0 unspecified atom stereocenters. The fourth-order valence-corrected chi connectivity index (χ4v) is 3.95. The van der Waals surface area contributed by atoms with E-state index in [1.807, 2.05) is 36.6 Å². The number of hydrogen-bond acceptors (Lipinski definition) is 7. The molecule has 0 aliphatic rings. The summed E-state index contributed by atoms with van der Waals surface area (Å²) in [5.74, 6) is 0.998. The molecule has 0 aliphatic heterocycles. The molecule has 3 rings (SSSR count). The van der Waals surface area contributed by atoms with Crippen LogP contribution in [0, 0.1) is 12.8 Å². The molecule has 1 amide bonds. The molecular formula is C20H22N4O2S2. The number of thiazole rings is 1. The number of rotatable bonds is 8. The second-order valence-corrected chi connectivity index (χ2v) is 8.76. The summed E-state index contributed by atoms with van der Waals surface area (Å²) in [5, 5.41) is 15.3. The first-order valence-corrected chi connectivity index (χ1v) is 10.6. The maximum absolute atomic E-state index is 12.1. The van der Waals surface area contributed by atoms with Crippen LogP contribution in [0.5, 0.6) is 5.75 Å². The number of hydrogen-bond donors (Lipinski definition) is 1. The van der Waals surface area contributed by atoms with Crippen molar-refractivity contribution >= 4 is 39.8 Å². The lowest BCUT2D eigenvalue weighted by Gasteiger charge is -2.05. The Kier molecular flexibility index (Phi) is 6.89. The minimum Gasteiger partial charge on any atom is -0.487 e. The number of nitrogens with one attached hydrogen (secondary N) is 1. The van der Waals surface area contributed by atoms with Gasteiger partial charge in [-0.05, 0) is 36.6 Å². The summed E-state index contributed by atoms with van der Waals surface area (Å²) in [6.45, 7) is 6.64. The molecule has 0 aliphatic carbocycles. The van der Waals surface area contributed by atoms with Crippen molar-refractivity contribution in [2.24, 2.45) is 5.92 Å². The van der Waals surface area contributed by atoms with E-state index in [4.69, 9.17) is 4.74 Å². The Balaban J connectivity index is 1.54. The van der Waals surface area contributed by atoms with Crippen LogP contribution in [0.3, 0.4) is 0 Å². The third-order valence-corrected chi connectivity index (χ3v) is 5.30. The summed E-state index contributed by atoms with van der Waals surface area (Å²) in [4.78, 5) is 16.5. The molecule has 0 atom stereocenters. The Morgan fingerprint density at radius 3 is 2.93 bits per heavy atom. The molecule has 8 heteroatoms. The van der Waals surface area contributed by atoms with Gasteiger partial charge in [-0.1, -0.05) is 37.3 Å². The van der Waals surface area contributed by atoms with E-state index in [1.54, 1.807) is 17.4 Å². The van der Waals surface area contributed by atoms with Gasteiger partial charge in [-0.15, -0.1) is 21.5 Å². The van der Waals surface area contributed by atoms with Gasteiger partial charge in [-0.3, -0.25) is 10.1 Å². The molecule has 0 saturated heterocycles. The zero-order valence-corrected chi connectivity index (χ0v) is 17.6. The van der Waals surface area contributed by atoms with Gasteiger partial charge in [0, 0.05) is 17.9 Å². The molecule has 2 aromatic heterocycles. The van der Waals surface area contributed by atoms with E-state index in [-0.39, 0.29) is 5.91 Å². The van der Waals surface area contributed by atoms with Crippen LogP contribution >= 0.6 is 22.7 Å². The average molecular weight is 415 g/mol. The highest BCUT2D eigenvalue weighted by Gasteiger charge is 2.08. The van der Waals surface area contributed by atoms with E-state index in [0.717, 1.165) is 33.4 Å². The van der Waals surface area contributed by atoms with E-state index in [0.29, 0.717) is 17.7 Å². The Hall–Kier alpha value is -2.58. The predicted octanol–water partition coefficient (Wildman–Crippen LogP) is 4.73. The summed E-state index contributed by atoms with van der Waals surface area (Å²) < 4.78 is 5.78. The number of amides is 1. The smallest absolute Gasteiger partial charge is 0.250 e. The lowest BCUT2D eigenvalue weighted by molar-refractivity contribution is -0.111. The SMILES string of the molecule is Cc1nc(COc2cccc(/C=C/C(=O)Nc3nnc(CC(C)C)s3)c2)cs1. The summed E-state index contributed by atoms with van der Waals surface area (Å²) in [5.41, 5.74) is 1.79. The van der Waals surface area contributed by atoms with Gasteiger partial charge in [0.05, 0.1) is 10.7 Å². The number of aryl methyl sites for hydroxylation is 1. The zero-order chi connectivity index (χ0) is 19.9. The van der Waals surface area contributed by atoms with Gasteiger partial charge in [0.25, 0.3) is 0 Å². The first-order chi connectivity index (χ1) is 13.5. The van der Waals surface area contributed by atoms with E-state index >= 15 is 0 Å². The second kappa shape index (κ2) is 9.57. The van der Waals surface area contributed by atoms with Crippen LogP contribution in [0.4, 0.5) is 5.13 Å². The number of carbonyl (C=O) groups excluding carboxylic acids is 1. The highest BCUT2D eigenvalue weighted by atomic mass is 32.1. The molecule has 0 spiro atoms. The minimum atomic E-state index is -0.239. The van der Waals surface area contributed by atoms with Gasteiger partial charge in [0.1, 0.15) is 17.4 Å². The number of benzene rings is 1. The molecule has 1 N–H and O–H groups in total. The third-order valence-electron chi connectivity index (χ3n) is 3.62. The van der Waals surface area contributed by atoms with Crippen molar-refractivity contribution in [1.82, 2.24) is 15.2 Å². The molecule has 0 bridgehead atoms. The van der Waals surface area contributed by atoms with Crippen molar-refractivity contribution in [3.8, 4) is 5.75 Å². The number of nitrogens with zero attached hydrogens (tertiary/aromatic N) is 3. The van der Waals surface area contributed by atoms with Crippen molar-refractivity contribution < 1.29 is 9.53 Å². The van der Waals surface area contributed by atoms with E-state index in [9.17, 15) is 4.79 Å². The molecule has 0 radical (unpaired) electrons. The number of ether oxygens (including phenoxy) is 1. The van der Waals surface area contributed by atoms with Crippen LogP contribution in [0.25, 0.3) is 6.08 Å². The van der Waals surface area contributed by atoms with Crippen molar-refractivity contribution in [2.45, 2.75) is 33.8 Å². The maximum atomic E-state index is 12.1. The van der Waals surface area contributed by atoms with E-state index in [2.05, 4.69) is 34.3 Å². The van der Waals surface area contributed by atoms with Crippen LogP contribution in [0.1, 0.15) is 35.1 Å². The van der Waals surface area contributed by atoms with Gasteiger partial charge >= 0.3 is 0 Å². The molecule has 1 aromatic carbocycles. The molecule has 0 fully saturated rings. The summed E-state index contributed by atoms with van der Waals surface area (Å²) in [6, 6.07) is 7.57. The quantitative estimate of drug-likeness (QED) is 0.539. The molecule has 28 heavy (non-hydrogen) atoms. The van der Waals surface area contributed by atoms with Gasteiger partial charge in [0.2, 0.25) is 11.0 Å². The first kappa shape index (κ1) is 20.2. The minimum absolute atomic E-state index is 0.239. The average Bonchev–Trinajstić information content (AvgIpc) is 3.27. The summed E-state index contributed by atoms with van der Waals surface area (Å²) in [6.07, 6.45) is 4.08. The summed E-state index contributed by atoms with van der Waals surface area (Å²) >= 11 is 3.01. The highest BCUT2D eigenvalue weighted by molar-refractivity contribution is 7.15.